The summed E-state index contributed by atoms with van der Waals surface area (Å²) in [6.45, 7) is 3.74. The number of carbonyl (C=O) groups is 2. The predicted octanol–water partition coefficient (Wildman–Crippen LogP) is 2.92. The smallest absolute Gasteiger partial charge is 0.264 e. The third-order valence-electron chi connectivity index (χ3n) is 4.82. The molecule has 6 heteroatoms. The maximum absolute atomic E-state index is 13.0. The normalized spacial score (nSPS) is 18.6. The fraction of sp³-hybridized carbons (Fsp3) is 0.333. The molecular weight excluding hydrogens is 346 g/mol. The van der Waals surface area contributed by atoms with E-state index in [-0.39, 0.29) is 18.2 Å². The summed E-state index contributed by atoms with van der Waals surface area (Å²) in [5.41, 5.74) is -0.447. The molecule has 0 fully saturated rings. The van der Waals surface area contributed by atoms with Gasteiger partial charge >= 0.3 is 0 Å². The summed E-state index contributed by atoms with van der Waals surface area (Å²) < 4.78 is 10.4. The van der Waals surface area contributed by atoms with E-state index in [4.69, 9.17) is 9.47 Å². The first-order chi connectivity index (χ1) is 12.8. The Morgan fingerprint density at radius 3 is 2.41 bits per heavy atom. The Bertz CT molecular complexity index is 892. The van der Waals surface area contributed by atoms with Crippen LogP contribution in [0.3, 0.4) is 0 Å². The number of rotatable bonds is 6. The third kappa shape index (κ3) is 3.06. The molecule has 6 nitrogen and oxygen atoms in total. The van der Waals surface area contributed by atoms with Gasteiger partial charge in [0.05, 0.1) is 26.3 Å². The highest BCUT2D eigenvalue weighted by Crippen LogP contribution is 2.44. The number of hydrogen-bond acceptors (Lipinski definition) is 5. The maximum Gasteiger partial charge on any atom is 0.264 e. The van der Waals surface area contributed by atoms with E-state index in [9.17, 15) is 14.7 Å². The van der Waals surface area contributed by atoms with E-state index in [0.717, 1.165) is 0 Å². The number of hydrogen-bond donors (Lipinski definition) is 1. The van der Waals surface area contributed by atoms with Crippen LogP contribution in [0.15, 0.2) is 42.5 Å². The second kappa shape index (κ2) is 7.04. The fourth-order valence-electron chi connectivity index (χ4n) is 3.48. The SMILES string of the molecule is COc1ccc(C(=O)C[C@@]2(O)C(=O)N(C(C)C)c3ccccc32)cc1OC. The van der Waals surface area contributed by atoms with Crippen LogP contribution in [0.1, 0.15) is 36.2 Å². The maximum atomic E-state index is 13.0. The highest BCUT2D eigenvalue weighted by atomic mass is 16.5. The van der Waals surface area contributed by atoms with Gasteiger partial charge in [0.25, 0.3) is 5.91 Å². The number of methoxy groups -OCH3 is 2. The summed E-state index contributed by atoms with van der Waals surface area (Å²) in [6, 6.07) is 11.7. The quantitative estimate of drug-likeness (QED) is 0.793. The number of Topliss-reactive ketones (excluding diaryl/α,β-unsaturated/α-hetero) is 1. The van der Waals surface area contributed by atoms with Gasteiger partial charge in [-0.2, -0.15) is 0 Å². The molecule has 0 bridgehead atoms. The van der Waals surface area contributed by atoms with Gasteiger partial charge in [0.15, 0.2) is 22.9 Å². The number of amides is 1. The summed E-state index contributed by atoms with van der Waals surface area (Å²) >= 11 is 0. The molecule has 1 amide bonds. The average Bonchev–Trinajstić information content (AvgIpc) is 2.88. The van der Waals surface area contributed by atoms with Crippen molar-refractivity contribution < 1.29 is 24.2 Å². The van der Waals surface area contributed by atoms with E-state index in [1.807, 2.05) is 19.9 Å². The van der Waals surface area contributed by atoms with Gasteiger partial charge in [-0.1, -0.05) is 18.2 Å². The lowest BCUT2D eigenvalue weighted by Crippen LogP contribution is -2.44. The number of ether oxygens (including phenoxy) is 2. The molecule has 0 radical (unpaired) electrons. The molecule has 0 saturated carbocycles. The topological polar surface area (TPSA) is 76.1 Å². The van der Waals surface area contributed by atoms with E-state index in [2.05, 4.69) is 0 Å². The highest BCUT2D eigenvalue weighted by Gasteiger charge is 2.51. The summed E-state index contributed by atoms with van der Waals surface area (Å²) in [5.74, 6) is 0.0815. The van der Waals surface area contributed by atoms with Crippen molar-refractivity contribution in [3.63, 3.8) is 0 Å². The van der Waals surface area contributed by atoms with Crippen molar-refractivity contribution in [2.45, 2.75) is 31.9 Å². The molecule has 142 valence electrons. The molecule has 2 aromatic rings. The minimum absolute atomic E-state index is 0.135. The molecule has 1 N–H and O–H groups in total. The van der Waals surface area contributed by atoms with Crippen LogP contribution >= 0.6 is 0 Å². The van der Waals surface area contributed by atoms with Crippen LogP contribution in [0, 0.1) is 0 Å². The Morgan fingerprint density at radius 1 is 1.11 bits per heavy atom. The van der Waals surface area contributed by atoms with Crippen molar-refractivity contribution in [3.8, 4) is 11.5 Å². The molecule has 27 heavy (non-hydrogen) atoms. The van der Waals surface area contributed by atoms with Gasteiger partial charge in [-0.3, -0.25) is 9.59 Å². The Hall–Kier alpha value is -2.86. The molecule has 1 atom stereocenters. The summed E-state index contributed by atoms with van der Waals surface area (Å²) in [6.07, 6.45) is -0.346. The number of para-hydroxylation sites is 1. The number of aliphatic hydroxyl groups is 1. The zero-order chi connectivity index (χ0) is 19.8. The molecule has 0 saturated heterocycles. The second-order valence-corrected chi connectivity index (χ2v) is 6.82. The van der Waals surface area contributed by atoms with Gasteiger partial charge in [-0.15, -0.1) is 0 Å². The molecule has 0 aliphatic carbocycles. The summed E-state index contributed by atoms with van der Waals surface area (Å²) in [5, 5.41) is 11.2. The summed E-state index contributed by atoms with van der Waals surface area (Å²) in [4.78, 5) is 27.4. The van der Waals surface area contributed by atoms with Crippen LogP contribution < -0.4 is 14.4 Å². The second-order valence-electron chi connectivity index (χ2n) is 6.82. The van der Waals surface area contributed by atoms with Crippen LogP contribution in [-0.2, 0) is 10.4 Å². The molecule has 2 aromatic carbocycles. The Balaban J connectivity index is 1.97. The average molecular weight is 369 g/mol. The molecule has 3 rings (SSSR count). The minimum Gasteiger partial charge on any atom is -0.493 e. The first-order valence-electron chi connectivity index (χ1n) is 8.74. The van der Waals surface area contributed by atoms with Crippen molar-refractivity contribution in [1.29, 1.82) is 0 Å². The number of ketones is 1. The molecule has 0 aromatic heterocycles. The van der Waals surface area contributed by atoms with Crippen molar-refractivity contribution in [2.75, 3.05) is 19.1 Å². The minimum atomic E-state index is -1.88. The predicted molar refractivity (Wildman–Crippen MR) is 101 cm³/mol. The van der Waals surface area contributed by atoms with Gasteiger partial charge in [0.1, 0.15) is 0 Å². The van der Waals surface area contributed by atoms with E-state index in [1.54, 1.807) is 36.4 Å². The summed E-state index contributed by atoms with van der Waals surface area (Å²) in [7, 11) is 2.99. The first-order valence-corrected chi connectivity index (χ1v) is 8.74. The van der Waals surface area contributed by atoms with Crippen LogP contribution in [0.4, 0.5) is 5.69 Å². The lowest BCUT2D eigenvalue weighted by Gasteiger charge is -2.25. The number of benzene rings is 2. The zero-order valence-electron chi connectivity index (χ0n) is 15.9. The largest absolute Gasteiger partial charge is 0.493 e. The molecular formula is C21H23NO5. The van der Waals surface area contributed by atoms with Gasteiger partial charge in [0, 0.05) is 17.2 Å². The number of nitrogens with zero attached hydrogens (tertiary/aromatic N) is 1. The van der Waals surface area contributed by atoms with E-state index in [1.165, 1.54) is 19.1 Å². The van der Waals surface area contributed by atoms with Crippen molar-refractivity contribution in [2.24, 2.45) is 0 Å². The fourth-order valence-corrected chi connectivity index (χ4v) is 3.48. The van der Waals surface area contributed by atoms with Gasteiger partial charge in [-0.25, -0.2) is 0 Å². The Labute approximate surface area is 158 Å². The van der Waals surface area contributed by atoms with Gasteiger partial charge < -0.3 is 19.5 Å². The third-order valence-corrected chi connectivity index (χ3v) is 4.82. The Morgan fingerprint density at radius 2 is 1.78 bits per heavy atom. The van der Waals surface area contributed by atoms with Gasteiger partial charge in [0.2, 0.25) is 0 Å². The standard InChI is InChI=1S/C21H23NO5/c1-13(2)22-16-8-6-5-7-15(16)21(25,20(22)24)12-17(23)14-9-10-18(26-3)19(11-14)27-4/h5-11,13,25H,12H2,1-4H3/t21-/m0/s1. The van der Waals surface area contributed by atoms with Crippen molar-refractivity contribution in [3.05, 3.63) is 53.6 Å². The van der Waals surface area contributed by atoms with E-state index >= 15 is 0 Å². The lowest BCUT2D eigenvalue weighted by atomic mass is 9.88. The van der Waals surface area contributed by atoms with Gasteiger partial charge in [-0.05, 0) is 38.1 Å². The zero-order valence-corrected chi connectivity index (χ0v) is 15.9. The lowest BCUT2D eigenvalue weighted by molar-refractivity contribution is -0.136. The molecule has 1 aliphatic heterocycles. The molecule has 0 unspecified atom stereocenters. The van der Waals surface area contributed by atoms with Crippen LogP contribution in [0.5, 0.6) is 11.5 Å². The van der Waals surface area contributed by atoms with Crippen molar-refractivity contribution >= 4 is 17.4 Å². The van der Waals surface area contributed by atoms with Crippen molar-refractivity contribution in [1.82, 2.24) is 0 Å². The highest BCUT2D eigenvalue weighted by molar-refractivity contribution is 6.11. The number of carbonyl (C=O) groups excluding carboxylic acids is 2. The Kier molecular flexibility index (Phi) is 4.93. The van der Waals surface area contributed by atoms with Crippen LogP contribution in [0.25, 0.3) is 0 Å². The van der Waals surface area contributed by atoms with E-state index in [0.29, 0.717) is 28.3 Å². The number of fused-ring (bicyclic) bond motifs is 1. The molecule has 1 heterocycles. The first kappa shape index (κ1) is 18.9. The monoisotopic (exact) mass is 369 g/mol. The molecule has 0 spiro atoms. The molecule has 1 aliphatic rings. The van der Waals surface area contributed by atoms with E-state index < -0.39 is 11.5 Å². The number of anilines is 1. The van der Waals surface area contributed by atoms with Crippen LogP contribution in [0.2, 0.25) is 0 Å². The van der Waals surface area contributed by atoms with Crippen LogP contribution in [-0.4, -0.2) is 37.1 Å².